The summed E-state index contributed by atoms with van der Waals surface area (Å²) < 4.78 is 4.96. The van der Waals surface area contributed by atoms with E-state index in [1.165, 1.54) is 0 Å². The van der Waals surface area contributed by atoms with Gasteiger partial charge in [0.2, 0.25) is 5.91 Å². The number of furan rings is 1. The van der Waals surface area contributed by atoms with Crippen molar-refractivity contribution in [3.8, 4) is 0 Å². The summed E-state index contributed by atoms with van der Waals surface area (Å²) in [7, 11) is 0. The van der Waals surface area contributed by atoms with Crippen LogP contribution >= 0.6 is 12.2 Å². The van der Waals surface area contributed by atoms with E-state index >= 15 is 0 Å². The molecule has 1 aromatic heterocycles. The van der Waals surface area contributed by atoms with Crippen LogP contribution in [0.2, 0.25) is 0 Å². The molecule has 0 unspecified atom stereocenters. The molecule has 1 aliphatic rings. The van der Waals surface area contributed by atoms with E-state index in [9.17, 15) is 4.79 Å². The van der Waals surface area contributed by atoms with Crippen LogP contribution in [0.4, 0.5) is 0 Å². The molecule has 3 N–H and O–H groups in total. The predicted molar refractivity (Wildman–Crippen MR) is 72.9 cm³/mol. The topological polar surface area (TPSA) is 68.3 Å². The van der Waals surface area contributed by atoms with E-state index in [1.54, 1.807) is 12.5 Å². The number of thiocarbonyl (C=S) groups is 1. The first kappa shape index (κ1) is 13.1. The van der Waals surface area contributed by atoms with Crippen molar-refractivity contribution in [3.63, 3.8) is 0 Å². The van der Waals surface area contributed by atoms with E-state index in [0.29, 0.717) is 11.5 Å². The fourth-order valence-electron chi connectivity index (χ4n) is 2.49. The Kier molecular flexibility index (Phi) is 4.01. The van der Waals surface area contributed by atoms with E-state index in [0.717, 1.165) is 37.7 Å². The summed E-state index contributed by atoms with van der Waals surface area (Å²) in [5.41, 5.74) is 6.10. The van der Waals surface area contributed by atoms with Gasteiger partial charge in [-0.2, -0.15) is 0 Å². The highest BCUT2D eigenvalue weighted by molar-refractivity contribution is 7.80. The Morgan fingerprint density at radius 1 is 1.44 bits per heavy atom. The number of carbonyl (C=O) groups excluding carboxylic acids is 1. The van der Waals surface area contributed by atoms with Gasteiger partial charge in [-0.3, -0.25) is 4.79 Å². The highest BCUT2D eigenvalue weighted by Crippen LogP contribution is 2.37. The lowest BCUT2D eigenvalue weighted by Gasteiger charge is -2.34. The van der Waals surface area contributed by atoms with E-state index in [1.807, 2.05) is 6.07 Å². The van der Waals surface area contributed by atoms with Crippen LogP contribution in [0.15, 0.2) is 23.0 Å². The van der Waals surface area contributed by atoms with Crippen LogP contribution in [0.3, 0.4) is 0 Å². The maximum atomic E-state index is 12.3. The molecule has 0 saturated heterocycles. The Morgan fingerprint density at radius 3 is 2.72 bits per heavy atom. The molecule has 0 atom stereocenters. The summed E-state index contributed by atoms with van der Waals surface area (Å²) in [6.07, 6.45) is 7.91. The van der Waals surface area contributed by atoms with Gasteiger partial charge in [0.1, 0.15) is 0 Å². The van der Waals surface area contributed by atoms with Crippen LogP contribution in [0.25, 0.3) is 0 Å². The maximum absolute atomic E-state index is 12.3. The van der Waals surface area contributed by atoms with Crippen molar-refractivity contribution >= 4 is 23.1 Å². The minimum absolute atomic E-state index is 0.0455. The average molecular weight is 266 g/mol. The second-order valence-corrected chi connectivity index (χ2v) is 5.26. The van der Waals surface area contributed by atoms with Gasteiger partial charge in [0.25, 0.3) is 0 Å². The maximum Gasteiger partial charge on any atom is 0.233 e. The molecule has 98 valence electrons. The predicted octanol–water partition coefficient (Wildman–Crippen LogP) is 2.13. The molecule has 1 fully saturated rings. The van der Waals surface area contributed by atoms with Crippen molar-refractivity contribution < 1.29 is 9.21 Å². The van der Waals surface area contributed by atoms with Gasteiger partial charge in [0, 0.05) is 12.1 Å². The van der Waals surface area contributed by atoms with Gasteiger partial charge in [0.15, 0.2) is 0 Å². The van der Waals surface area contributed by atoms with Gasteiger partial charge in [-0.1, -0.05) is 31.5 Å². The highest BCUT2D eigenvalue weighted by Gasteiger charge is 2.42. The number of hydrogen-bond acceptors (Lipinski definition) is 3. The Labute approximate surface area is 112 Å². The number of amides is 1. The molecule has 2 rings (SSSR count). The van der Waals surface area contributed by atoms with Crippen LogP contribution in [-0.4, -0.2) is 10.9 Å². The smallest absolute Gasteiger partial charge is 0.233 e. The van der Waals surface area contributed by atoms with Crippen LogP contribution in [0, 0.1) is 5.41 Å². The van der Waals surface area contributed by atoms with Crippen molar-refractivity contribution in [3.05, 3.63) is 24.2 Å². The largest absolute Gasteiger partial charge is 0.472 e. The minimum Gasteiger partial charge on any atom is -0.472 e. The molecule has 1 saturated carbocycles. The molecular formula is C13H18N2O2S. The Balaban J connectivity index is 2.02. The molecule has 5 heteroatoms. The van der Waals surface area contributed by atoms with Crippen molar-refractivity contribution in [1.82, 2.24) is 5.32 Å². The van der Waals surface area contributed by atoms with Crippen LogP contribution in [-0.2, 0) is 11.3 Å². The van der Waals surface area contributed by atoms with Crippen molar-refractivity contribution in [2.45, 2.75) is 38.6 Å². The van der Waals surface area contributed by atoms with E-state index < -0.39 is 5.41 Å². The van der Waals surface area contributed by atoms with Gasteiger partial charge in [-0.15, -0.1) is 0 Å². The summed E-state index contributed by atoms with van der Waals surface area (Å²) in [4.78, 5) is 12.7. The molecule has 4 nitrogen and oxygen atoms in total. The molecule has 0 spiro atoms. The molecule has 0 radical (unpaired) electrons. The van der Waals surface area contributed by atoms with E-state index in [2.05, 4.69) is 5.32 Å². The first-order valence-corrected chi connectivity index (χ1v) is 6.65. The third-order valence-electron chi connectivity index (χ3n) is 3.65. The number of carbonyl (C=O) groups is 1. The third kappa shape index (κ3) is 2.56. The lowest BCUT2D eigenvalue weighted by Crippen LogP contribution is -2.49. The van der Waals surface area contributed by atoms with Gasteiger partial charge >= 0.3 is 0 Å². The zero-order chi connectivity index (χ0) is 13.0. The quantitative estimate of drug-likeness (QED) is 0.819. The monoisotopic (exact) mass is 266 g/mol. The Morgan fingerprint density at radius 2 is 2.17 bits per heavy atom. The summed E-state index contributed by atoms with van der Waals surface area (Å²) in [5.74, 6) is -0.0455. The molecule has 18 heavy (non-hydrogen) atoms. The first-order chi connectivity index (χ1) is 8.65. The van der Waals surface area contributed by atoms with Gasteiger partial charge in [0.05, 0.1) is 22.9 Å². The molecule has 1 aliphatic carbocycles. The average Bonchev–Trinajstić information content (AvgIpc) is 2.89. The van der Waals surface area contributed by atoms with Crippen molar-refractivity contribution in [1.29, 1.82) is 0 Å². The van der Waals surface area contributed by atoms with Crippen molar-refractivity contribution in [2.24, 2.45) is 11.1 Å². The second kappa shape index (κ2) is 5.52. The normalized spacial score (nSPS) is 18.2. The lowest BCUT2D eigenvalue weighted by atomic mass is 9.73. The molecule has 1 aromatic rings. The fraction of sp³-hybridized carbons (Fsp3) is 0.538. The highest BCUT2D eigenvalue weighted by atomic mass is 32.1. The zero-order valence-corrected chi connectivity index (χ0v) is 11.1. The standard InChI is InChI=1S/C13H18N2O2S/c14-11(18)13(5-2-1-3-6-13)12(16)15-8-10-4-7-17-9-10/h4,7,9H,1-3,5-6,8H2,(H2,14,18)(H,15,16). The van der Waals surface area contributed by atoms with E-state index in [-0.39, 0.29) is 5.91 Å². The zero-order valence-electron chi connectivity index (χ0n) is 10.3. The van der Waals surface area contributed by atoms with Gasteiger partial charge in [-0.25, -0.2) is 0 Å². The molecular weight excluding hydrogens is 248 g/mol. The fourth-order valence-corrected chi connectivity index (χ4v) is 2.78. The number of rotatable bonds is 4. The summed E-state index contributed by atoms with van der Waals surface area (Å²) in [5, 5.41) is 2.91. The van der Waals surface area contributed by atoms with Crippen LogP contribution in [0.5, 0.6) is 0 Å². The molecule has 0 aliphatic heterocycles. The van der Waals surface area contributed by atoms with Crippen molar-refractivity contribution in [2.75, 3.05) is 0 Å². The third-order valence-corrected chi connectivity index (χ3v) is 4.04. The molecule has 0 aromatic carbocycles. The molecule has 0 bridgehead atoms. The summed E-state index contributed by atoms with van der Waals surface area (Å²) in [6.45, 7) is 0.458. The number of hydrogen-bond donors (Lipinski definition) is 2. The first-order valence-electron chi connectivity index (χ1n) is 6.24. The van der Waals surface area contributed by atoms with E-state index in [4.69, 9.17) is 22.4 Å². The number of nitrogens with one attached hydrogen (secondary N) is 1. The van der Waals surface area contributed by atoms with Crippen LogP contribution in [0.1, 0.15) is 37.7 Å². The van der Waals surface area contributed by atoms with Gasteiger partial charge < -0.3 is 15.5 Å². The lowest BCUT2D eigenvalue weighted by molar-refractivity contribution is -0.129. The molecule has 1 amide bonds. The summed E-state index contributed by atoms with van der Waals surface area (Å²) >= 11 is 5.12. The summed E-state index contributed by atoms with van der Waals surface area (Å²) in [6, 6.07) is 1.83. The van der Waals surface area contributed by atoms with Gasteiger partial charge in [-0.05, 0) is 18.9 Å². The Bertz CT molecular complexity index is 422. The number of nitrogens with two attached hydrogens (primary N) is 1. The Hall–Kier alpha value is -1.36. The minimum atomic E-state index is -0.642. The SMILES string of the molecule is NC(=S)C1(C(=O)NCc2ccoc2)CCCCC1. The molecule has 1 heterocycles. The van der Waals surface area contributed by atoms with Crippen LogP contribution < -0.4 is 11.1 Å². The second-order valence-electron chi connectivity index (χ2n) is 4.82.